The maximum atomic E-state index is 13.8. The summed E-state index contributed by atoms with van der Waals surface area (Å²) in [4.78, 5) is 43.8. The van der Waals surface area contributed by atoms with Crippen LogP contribution in [0.2, 0.25) is 0 Å². The van der Waals surface area contributed by atoms with Crippen LogP contribution in [0.5, 0.6) is 0 Å². The van der Waals surface area contributed by atoms with Gasteiger partial charge < -0.3 is 20.9 Å². The van der Waals surface area contributed by atoms with E-state index >= 15 is 0 Å². The molecule has 0 aromatic rings. The molecule has 4 atom stereocenters. The zero-order valence-electron chi connectivity index (χ0n) is 43.7. The van der Waals surface area contributed by atoms with Crippen molar-refractivity contribution in [2.45, 2.75) is 234 Å². The number of imide groups is 1. The van der Waals surface area contributed by atoms with E-state index in [0.29, 0.717) is 38.4 Å². The number of nitrogens with zero attached hydrogens (tertiary/aromatic N) is 2. The van der Waals surface area contributed by atoms with Gasteiger partial charge in [0.2, 0.25) is 17.7 Å². The molecule has 3 N–H and O–H groups in total. The topological polar surface area (TPSA) is 93.8 Å². The van der Waals surface area contributed by atoms with Gasteiger partial charge in [0.1, 0.15) is 0 Å². The van der Waals surface area contributed by atoms with Crippen LogP contribution in [-0.4, -0.2) is 79.9 Å². The van der Waals surface area contributed by atoms with Crippen LogP contribution in [0.4, 0.5) is 0 Å². The second kappa shape index (κ2) is 38.7. The highest BCUT2D eigenvalue weighted by Crippen LogP contribution is 2.40. The van der Waals surface area contributed by atoms with Gasteiger partial charge in [0.05, 0.1) is 5.92 Å². The van der Waals surface area contributed by atoms with Crippen molar-refractivity contribution in [1.29, 1.82) is 0 Å². The molecule has 0 saturated carbocycles. The first-order chi connectivity index (χ1) is 31.7. The van der Waals surface area contributed by atoms with Crippen LogP contribution in [0.25, 0.3) is 0 Å². The molecule has 0 spiro atoms. The number of hydrogen-bond donors (Lipinski definition) is 3. The standard InChI is InChI=1S/C57H105N5O3/c1-8-12-16-20-24-28-32-36-51(48(5)34-30-26-22-18-14-10-3)53-46-55(63)61(50(53)7)44-42-59-40-38-58-39-41-60-43-45-62-56(64)47-54(57(62)65)52(37-33-29-25-21-17-13-9-2)49(6)35-31-27-23-19-15-11-4/h34-35,51-54,58-60H,7-33,36-47H2,1-6H3/b48-34+,49-35+. The van der Waals surface area contributed by atoms with E-state index in [1.807, 2.05) is 4.90 Å². The molecule has 2 aliphatic heterocycles. The molecule has 3 amide bonds. The van der Waals surface area contributed by atoms with Gasteiger partial charge in [-0.15, -0.1) is 0 Å². The van der Waals surface area contributed by atoms with Crippen molar-refractivity contribution in [2.75, 3.05) is 52.4 Å². The predicted octanol–water partition coefficient (Wildman–Crippen LogP) is 13.6. The smallest absolute Gasteiger partial charge is 0.233 e. The third-order valence-electron chi connectivity index (χ3n) is 14.7. The third kappa shape index (κ3) is 25.1. The number of likely N-dealkylation sites (tertiary alicyclic amines) is 2. The van der Waals surface area contributed by atoms with Crippen molar-refractivity contribution in [3.63, 3.8) is 0 Å². The van der Waals surface area contributed by atoms with Crippen molar-refractivity contribution in [2.24, 2.45) is 23.7 Å². The van der Waals surface area contributed by atoms with E-state index in [0.717, 1.165) is 70.5 Å². The molecule has 2 aliphatic rings. The van der Waals surface area contributed by atoms with Gasteiger partial charge in [0, 0.05) is 76.8 Å². The van der Waals surface area contributed by atoms with Gasteiger partial charge in [0.25, 0.3) is 0 Å². The van der Waals surface area contributed by atoms with Crippen molar-refractivity contribution in [1.82, 2.24) is 25.8 Å². The molecule has 0 aliphatic carbocycles. The Bertz CT molecular complexity index is 1230. The number of carbonyl (C=O) groups excluding carboxylic acids is 3. The summed E-state index contributed by atoms with van der Waals surface area (Å²) in [5.41, 5.74) is 3.81. The molecule has 0 aromatic carbocycles. The monoisotopic (exact) mass is 908 g/mol. The number of unbranched alkanes of at least 4 members (excludes halogenated alkanes) is 22. The molecule has 2 heterocycles. The second-order valence-electron chi connectivity index (χ2n) is 20.1. The van der Waals surface area contributed by atoms with Crippen LogP contribution in [-0.2, 0) is 14.4 Å². The van der Waals surface area contributed by atoms with Gasteiger partial charge in [0.15, 0.2) is 0 Å². The highest BCUT2D eigenvalue weighted by Gasteiger charge is 2.43. The minimum atomic E-state index is -0.214. The lowest BCUT2D eigenvalue weighted by Crippen LogP contribution is -2.40. The van der Waals surface area contributed by atoms with Crippen LogP contribution in [0.15, 0.2) is 35.6 Å². The zero-order valence-corrected chi connectivity index (χ0v) is 43.7. The SMILES string of the molecule is C=C1C(C(CCCCCCCCC)/C(C)=C/CCCCCCC)CC(=O)N1CCNCCNCCNCCN1C(=O)CC(C(CCCCCCCCC)/C(C)=C/CCCCCCC)C1=O. The normalized spacial score (nSPS) is 18.2. The number of hydrogen-bond acceptors (Lipinski definition) is 6. The van der Waals surface area contributed by atoms with Crippen LogP contribution < -0.4 is 16.0 Å². The first kappa shape index (κ1) is 58.8. The van der Waals surface area contributed by atoms with Crippen LogP contribution in [0.1, 0.15) is 234 Å². The lowest BCUT2D eigenvalue weighted by Gasteiger charge is -2.27. The minimum Gasteiger partial charge on any atom is -0.315 e. The van der Waals surface area contributed by atoms with Gasteiger partial charge in [-0.2, -0.15) is 0 Å². The van der Waals surface area contributed by atoms with Crippen LogP contribution in [0, 0.1) is 23.7 Å². The average Bonchev–Trinajstić information content (AvgIpc) is 3.74. The highest BCUT2D eigenvalue weighted by molar-refractivity contribution is 6.03. The fourth-order valence-corrected chi connectivity index (χ4v) is 10.4. The van der Waals surface area contributed by atoms with E-state index in [9.17, 15) is 14.4 Å². The maximum Gasteiger partial charge on any atom is 0.233 e. The van der Waals surface area contributed by atoms with Crippen molar-refractivity contribution >= 4 is 17.7 Å². The molecule has 8 nitrogen and oxygen atoms in total. The number of nitrogens with one attached hydrogen (secondary N) is 3. The Morgan fingerprint density at radius 1 is 0.492 bits per heavy atom. The minimum absolute atomic E-state index is 0.00331. The van der Waals surface area contributed by atoms with E-state index < -0.39 is 0 Å². The molecule has 0 bridgehead atoms. The Labute approximate surface area is 402 Å². The quantitative estimate of drug-likeness (QED) is 0.0320. The Hall–Kier alpha value is -2.29. The summed E-state index contributed by atoms with van der Waals surface area (Å²) in [6.45, 7) is 23.8. The molecule has 0 radical (unpaired) electrons. The van der Waals surface area contributed by atoms with Gasteiger partial charge in [-0.3, -0.25) is 19.3 Å². The molecule has 4 unspecified atom stereocenters. The van der Waals surface area contributed by atoms with Gasteiger partial charge in [-0.25, -0.2) is 0 Å². The Morgan fingerprint density at radius 3 is 1.28 bits per heavy atom. The molecule has 8 heteroatoms. The summed E-state index contributed by atoms with van der Waals surface area (Å²) in [6, 6.07) is 0. The molecule has 2 saturated heterocycles. The van der Waals surface area contributed by atoms with Crippen molar-refractivity contribution in [3.05, 3.63) is 35.6 Å². The molecular weight excluding hydrogens is 803 g/mol. The summed E-state index contributed by atoms with van der Waals surface area (Å²) in [7, 11) is 0. The first-order valence-corrected chi connectivity index (χ1v) is 28.0. The number of carbonyl (C=O) groups is 3. The van der Waals surface area contributed by atoms with Crippen molar-refractivity contribution < 1.29 is 14.4 Å². The Morgan fingerprint density at radius 2 is 0.831 bits per heavy atom. The molecule has 65 heavy (non-hydrogen) atoms. The summed E-state index contributed by atoms with van der Waals surface area (Å²) < 4.78 is 0. The van der Waals surface area contributed by atoms with E-state index in [-0.39, 0.29) is 35.5 Å². The van der Waals surface area contributed by atoms with Crippen LogP contribution in [0.3, 0.4) is 0 Å². The fraction of sp³-hybridized carbons (Fsp3) is 0.842. The number of rotatable bonds is 44. The molecule has 2 fully saturated rings. The number of amides is 3. The fourth-order valence-electron chi connectivity index (χ4n) is 10.4. The zero-order chi connectivity index (χ0) is 47.3. The molecule has 2 rings (SSSR count). The Kier molecular flexibility index (Phi) is 35.0. The third-order valence-corrected chi connectivity index (χ3v) is 14.7. The van der Waals surface area contributed by atoms with E-state index in [1.165, 1.54) is 164 Å². The largest absolute Gasteiger partial charge is 0.315 e. The lowest BCUT2D eigenvalue weighted by molar-refractivity contribution is -0.139. The van der Waals surface area contributed by atoms with Crippen LogP contribution >= 0.6 is 0 Å². The predicted molar refractivity (Wildman–Crippen MR) is 279 cm³/mol. The van der Waals surface area contributed by atoms with E-state index in [4.69, 9.17) is 0 Å². The summed E-state index contributed by atoms with van der Waals surface area (Å²) in [6.07, 6.45) is 41.0. The molecule has 0 aromatic heterocycles. The summed E-state index contributed by atoms with van der Waals surface area (Å²) >= 11 is 0. The summed E-state index contributed by atoms with van der Waals surface area (Å²) in [5.74, 6) is 0.847. The highest BCUT2D eigenvalue weighted by atomic mass is 16.2. The van der Waals surface area contributed by atoms with Gasteiger partial charge in [-0.05, 0) is 64.2 Å². The van der Waals surface area contributed by atoms with E-state index in [2.05, 4.69) is 76.2 Å². The second-order valence-corrected chi connectivity index (χ2v) is 20.1. The van der Waals surface area contributed by atoms with E-state index in [1.54, 1.807) is 0 Å². The molecular formula is C57H105N5O3. The van der Waals surface area contributed by atoms with Crippen molar-refractivity contribution in [3.8, 4) is 0 Å². The van der Waals surface area contributed by atoms with Gasteiger partial charge in [-0.1, -0.05) is 199 Å². The molecule has 376 valence electrons. The Balaban J connectivity index is 1.73. The maximum absolute atomic E-state index is 13.8. The summed E-state index contributed by atoms with van der Waals surface area (Å²) in [5, 5.41) is 10.5. The first-order valence-electron chi connectivity index (χ1n) is 28.0. The lowest BCUT2D eigenvalue weighted by atomic mass is 9.80. The van der Waals surface area contributed by atoms with Gasteiger partial charge >= 0.3 is 0 Å². The average molecular weight is 908 g/mol. The number of allylic oxidation sites excluding steroid dienone is 5.